The Morgan fingerprint density at radius 1 is 1.00 bits per heavy atom. The smallest absolute Gasteiger partial charge is 0.416 e. The highest BCUT2D eigenvalue weighted by Gasteiger charge is 2.38. The number of hydrogen-bond donors (Lipinski definition) is 0. The first-order valence-corrected chi connectivity index (χ1v) is 8.41. The second-order valence-corrected chi connectivity index (χ2v) is 6.39. The predicted molar refractivity (Wildman–Crippen MR) is 92.5 cm³/mol. The molecule has 146 valence electrons. The maximum Gasteiger partial charge on any atom is 0.416 e. The fourth-order valence-corrected chi connectivity index (χ4v) is 3.13. The molecule has 1 heterocycles. The molecule has 1 aliphatic heterocycles. The minimum absolute atomic E-state index is 0.0260. The summed E-state index contributed by atoms with van der Waals surface area (Å²) in [6, 6.07) is 10.7. The Balaban J connectivity index is 1.80. The van der Waals surface area contributed by atoms with Crippen LogP contribution in [0.4, 0.5) is 13.2 Å². The van der Waals surface area contributed by atoms with Crippen molar-refractivity contribution in [3.05, 3.63) is 70.8 Å². The summed E-state index contributed by atoms with van der Waals surface area (Å²) in [7, 11) is 1.17. The summed E-state index contributed by atoms with van der Waals surface area (Å²) in [5.74, 6) is -2.58. The third kappa shape index (κ3) is 3.76. The van der Waals surface area contributed by atoms with Gasteiger partial charge in [0.1, 0.15) is 0 Å². The molecule has 1 atom stereocenters. The highest BCUT2D eigenvalue weighted by molar-refractivity contribution is 6.21. The van der Waals surface area contributed by atoms with Crippen molar-refractivity contribution in [3.8, 4) is 0 Å². The van der Waals surface area contributed by atoms with Gasteiger partial charge in [-0.25, -0.2) is 0 Å². The van der Waals surface area contributed by atoms with E-state index in [2.05, 4.69) is 0 Å². The van der Waals surface area contributed by atoms with Gasteiger partial charge < -0.3 is 4.74 Å². The molecule has 0 bridgehead atoms. The van der Waals surface area contributed by atoms with Crippen molar-refractivity contribution in [3.63, 3.8) is 0 Å². The van der Waals surface area contributed by atoms with Crippen molar-refractivity contribution in [1.29, 1.82) is 0 Å². The van der Waals surface area contributed by atoms with E-state index in [1.165, 1.54) is 31.4 Å². The van der Waals surface area contributed by atoms with Gasteiger partial charge in [0.2, 0.25) is 0 Å². The number of methoxy groups -OCH3 is 1. The summed E-state index contributed by atoms with van der Waals surface area (Å²) in [5.41, 5.74) is 0.169. The van der Waals surface area contributed by atoms with Crippen LogP contribution in [-0.4, -0.2) is 36.3 Å². The fourth-order valence-electron chi connectivity index (χ4n) is 3.13. The predicted octanol–water partition coefficient (Wildman–Crippen LogP) is 3.33. The Bertz CT molecular complexity index is 887. The normalized spacial score (nSPS) is 14.8. The number of amides is 2. The number of carbonyl (C=O) groups excluding carboxylic acids is 3. The first-order chi connectivity index (χ1) is 13.2. The van der Waals surface area contributed by atoms with Gasteiger partial charge in [0, 0.05) is 6.54 Å². The van der Waals surface area contributed by atoms with Crippen molar-refractivity contribution >= 4 is 17.8 Å². The van der Waals surface area contributed by atoms with Crippen LogP contribution in [0.25, 0.3) is 0 Å². The monoisotopic (exact) mass is 391 g/mol. The Hall–Kier alpha value is -3.16. The van der Waals surface area contributed by atoms with Crippen LogP contribution in [0.1, 0.15) is 31.8 Å². The van der Waals surface area contributed by atoms with Crippen molar-refractivity contribution in [2.45, 2.75) is 12.6 Å². The molecule has 1 unspecified atom stereocenters. The van der Waals surface area contributed by atoms with E-state index < -0.39 is 35.4 Å². The summed E-state index contributed by atoms with van der Waals surface area (Å²) in [6.45, 7) is -0.222. The van der Waals surface area contributed by atoms with E-state index in [0.29, 0.717) is 5.56 Å². The molecule has 3 rings (SSSR count). The topological polar surface area (TPSA) is 63.7 Å². The largest absolute Gasteiger partial charge is 0.469 e. The van der Waals surface area contributed by atoms with Gasteiger partial charge >= 0.3 is 12.1 Å². The number of carbonyl (C=O) groups is 3. The van der Waals surface area contributed by atoms with E-state index in [4.69, 9.17) is 4.74 Å². The van der Waals surface area contributed by atoms with Crippen molar-refractivity contribution in [2.75, 3.05) is 13.7 Å². The minimum atomic E-state index is -4.46. The molecule has 5 nitrogen and oxygen atoms in total. The maximum atomic E-state index is 12.7. The van der Waals surface area contributed by atoms with Gasteiger partial charge in [-0.2, -0.15) is 13.2 Å². The molecule has 8 heteroatoms. The fraction of sp³-hybridized carbons (Fsp3) is 0.250. The summed E-state index contributed by atoms with van der Waals surface area (Å²) in [4.78, 5) is 38.1. The third-order valence-corrected chi connectivity index (χ3v) is 4.58. The molecule has 0 fully saturated rings. The second kappa shape index (κ2) is 7.46. The van der Waals surface area contributed by atoms with Crippen LogP contribution < -0.4 is 0 Å². The molecule has 0 radical (unpaired) electrons. The number of fused-ring (bicyclic) bond motifs is 1. The summed E-state index contributed by atoms with van der Waals surface area (Å²) < 4.78 is 42.8. The lowest BCUT2D eigenvalue weighted by Gasteiger charge is -2.21. The molecule has 0 aliphatic carbocycles. The number of alkyl halides is 3. The molecular formula is C20H16F3NO4. The second-order valence-electron chi connectivity index (χ2n) is 6.39. The SMILES string of the molecule is COC(=O)C(Cc1ccc(C(F)(F)F)cc1)CN1C(=O)c2ccccc2C1=O. The quantitative estimate of drug-likeness (QED) is 0.579. The number of rotatable bonds is 5. The Kier molecular flexibility index (Phi) is 5.22. The van der Waals surface area contributed by atoms with E-state index in [1.807, 2.05) is 0 Å². The molecule has 2 amide bonds. The number of ether oxygens (including phenoxy) is 1. The molecule has 2 aromatic carbocycles. The van der Waals surface area contributed by atoms with Gasteiger partial charge in [0.15, 0.2) is 0 Å². The number of hydrogen-bond acceptors (Lipinski definition) is 4. The molecule has 28 heavy (non-hydrogen) atoms. The van der Waals surface area contributed by atoms with Gasteiger partial charge in [0.05, 0.1) is 29.7 Å². The molecule has 1 aliphatic rings. The van der Waals surface area contributed by atoms with Crippen molar-refractivity contribution < 1.29 is 32.3 Å². The zero-order valence-corrected chi connectivity index (χ0v) is 14.8. The third-order valence-electron chi connectivity index (χ3n) is 4.58. The lowest BCUT2D eigenvalue weighted by atomic mass is 9.97. The van der Waals surface area contributed by atoms with E-state index in [-0.39, 0.29) is 24.1 Å². The van der Waals surface area contributed by atoms with Crippen LogP contribution >= 0.6 is 0 Å². The molecule has 0 saturated carbocycles. The van der Waals surface area contributed by atoms with Crippen molar-refractivity contribution in [2.24, 2.45) is 5.92 Å². The molecule has 0 saturated heterocycles. The number of nitrogens with zero attached hydrogens (tertiary/aromatic N) is 1. The van der Waals surface area contributed by atoms with E-state index in [9.17, 15) is 27.6 Å². The summed E-state index contributed by atoms with van der Waals surface area (Å²) >= 11 is 0. The molecule has 0 spiro atoms. The Labute approximate surface area is 158 Å². The first-order valence-electron chi connectivity index (χ1n) is 8.41. The standard InChI is InChI=1S/C20H16F3NO4/c1-28-19(27)13(10-12-6-8-14(9-7-12)20(21,22)23)11-24-17(25)15-4-2-3-5-16(15)18(24)26/h2-9,13H,10-11H2,1H3. The lowest BCUT2D eigenvalue weighted by molar-refractivity contribution is -0.145. The van der Waals surface area contributed by atoms with Crippen LogP contribution in [0.3, 0.4) is 0 Å². The van der Waals surface area contributed by atoms with Gasteiger partial charge in [-0.3, -0.25) is 19.3 Å². The average Bonchev–Trinajstić information content (AvgIpc) is 2.91. The highest BCUT2D eigenvalue weighted by Crippen LogP contribution is 2.30. The van der Waals surface area contributed by atoms with E-state index in [0.717, 1.165) is 17.0 Å². The van der Waals surface area contributed by atoms with Gasteiger partial charge in [-0.05, 0) is 36.2 Å². The van der Waals surface area contributed by atoms with Gasteiger partial charge in [-0.15, -0.1) is 0 Å². The zero-order valence-electron chi connectivity index (χ0n) is 14.8. The first kappa shape index (κ1) is 19.6. The van der Waals surface area contributed by atoms with Crippen LogP contribution in [-0.2, 0) is 22.1 Å². The lowest BCUT2D eigenvalue weighted by Crippen LogP contribution is -2.38. The number of esters is 1. The molecule has 0 N–H and O–H groups in total. The van der Waals surface area contributed by atoms with E-state index >= 15 is 0 Å². The maximum absolute atomic E-state index is 12.7. The highest BCUT2D eigenvalue weighted by atomic mass is 19.4. The Morgan fingerprint density at radius 2 is 1.54 bits per heavy atom. The van der Waals surface area contributed by atoms with Crippen LogP contribution in [0, 0.1) is 5.92 Å². The number of halogens is 3. The van der Waals surface area contributed by atoms with Crippen LogP contribution in [0.15, 0.2) is 48.5 Å². The number of benzene rings is 2. The molecular weight excluding hydrogens is 375 g/mol. The van der Waals surface area contributed by atoms with Crippen LogP contribution in [0.5, 0.6) is 0 Å². The van der Waals surface area contributed by atoms with E-state index in [1.54, 1.807) is 12.1 Å². The number of imide groups is 1. The minimum Gasteiger partial charge on any atom is -0.469 e. The summed E-state index contributed by atoms with van der Waals surface area (Å²) in [6.07, 6.45) is -4.43. The van der Waals surface area contributed by atoms with Gasteiger partial charge in [-0.1, -0.05) is 24.3 Å². The summed E-state index contributed by atoms with van der Waals surface area (Å²) in [5, 5.41) is 0. The Morgan fingerprint density at radius 3 is 2.00 bits per heavy atom. The van der Waals surface area contributed by atoms with Crippen LogP contribution in [0.2, 0.25) is 0 Å². The molecule has 0 aromatic heterocycles. The molecule has 2 aromatic rings. The zero-order chi connectivity index (χ0) is 20.5. The van der Waals surface area contributed by atoms with Crippen molar-refractivity contribution in [1.82, 2.24) is 4.90 Å². The average molecular weight is 391 g/mol. The van der Waals surface area contributed by atoms with Gasteiger partial charge in [0.25, 0.3) is 11.8 Å².